The summed E-state index contributed by atoms with van der Waals surface area (Å²) in [4.78, 5) is 31.3. The third-order valence-electron chi connectivity index (χ3n) is 5.62. The van der Waals surface area contributed by atoms with Crippen molar-refractivity contribution in [2.24, 2.45) is 4.99 Å². The first-order valence-corrected chi connectivity index (χ1v) is 11.3. The van der Waals surface area contributed by atoms with Crippen LogP contribution in [0.4, 0.5) is 4.39 Å². The number of esters is 1. The number of carbonyl (C=O) groups is 1. The Morgan fingerprint density at radius 1 is 1.09 bits per heavy atom. The average molecular weight is 499 g/mol. The molecule has 0 N–H and O–H groups in total. The van der Waals surface area contributed by atoms with Crippen LogP contribution in [0.15, 0.2) is 57.5 Å². The average Bonchev–Trinajstić information content (AvgIpc) is 3.17. The summed E-state index contributed by atoms with van der Waals surface area (Å²) in [5.41, 5.74) is 0.948. The smallest absolute Gasteiger partial charge is 0.338 e. The zero-order chi connectivity index (χ0) is 25.3. The molecule has 0 saturated heterocycles. The molecular formula is C25H23FN2O6S. The summed E-state index contributed by atoms with van der Waals surface area (Å²) in [6.07, 6.45) is 1.47. The van der Waals surface area contributed by atoms with Crippen LogP contribution in [0.5, 0.6) is 17.2 Å². The summed E-state index contributed by atoms with van der Waals surface area (Å²) in [5, 5.41) is 0. The quantitative estimate of drug-likeness (QED) is 0.486. The highest BCUT2D eigenvalue weighted by atomic mass is 32.1. The number of fused-ring (bicyclic) bond motifs is 1. The van der Waals surface area contributed by atoms with Gasteiger partial charge in [-0.3, -0.25) is 9.36 Å². The minimum absolute atomic E-state index is 0.187. The molecule has 4 rings (SSSR count). The summed E-state index contributed by atoms with van der Waals surface area (Å²) < 4.78 is 37.4. The van der Waals surface area contributed by atoms with Gasteiger partial charge in [0.15, 0.2) is 16.3 Å². The van der Waals surface area contributed by atoms with E-state index in [1.165, 1.54) is 45.1 Å². The van der Waals surface area contributed by atoms with E-state index < -0.39 is 23.4 Å². The molecule has 0 aliphatic carbocycles. The number of halogens is 1. The molecule has 35 heavy (non-hydrogen) atoms. The number of thiazole rings is 1. The Bertz CT molecular complexity index is 1500. The number of allylic oxidation sites excluding steroid dienone is 1. The van der Waals surface area contributed by atoms with Crippen molar-refractivity contribution < 1.29 is 28.1 Å². The van der Waals surface area contributed by atoms with Crippen LogP contribution in [0.1, 0.15) is 24.1 Å². The minimum Gasteiger partial charge on any atom is -0.493 e. The van der Waals surface area contributed by atoms with Crippen LogP contribution in [0.25, 0.3) is 6.08 Å². The van der Waals surface area contributed by atoms with Gasteiger partial charge in [-0.2, -0.15) is 0 Å². The maximum absolute atomic E-state index is 14.3. The number of ether oxygens (including phenoxy) is 4. The van der Waals surface area contributed by atoms with Crippen molar-refractivity contribution in [1.82, 2.24) is 4.57 Å². The molecule has 1 unspecified atom stereocenters. The van der Waals surface area contributed by atoms with E-state index in [1.807, 2.05) is 0 Å². The fraction of sp³-hybridized carbons (Fsp3) is 0.240. The second-order valence-corrected chi connectivity index (χ2v) is 8.56. The normalized spacial score (nSPS) is 15.4. The van der Waals surface area contributed by atoms with Gasteiger partial charge < -0.3 is 18.9 Å². The molecule has 0 fully saturated rings. The summed E-state index contributed by atoms with van der Waals surface area (Å²) in [7, 11) is 5.69. The van der Waals surface area contributed by atoms with E-state index in [1.54, 1.807) is 37.3 Å². The summed E-state index contributed by atoms with van der Waals surface area (Å²) >= 11 is 1.10. The van der Waals surface area contributed by atoms with Crippen molar-refractivity contribution in [2.45, 2.75) is 13.0 Å². The lowest BCUT2D eigenvalue weighted by atomic mass is 9.95. The third kappa shape index (κ3) is 4.21. The number of carbonyl (C=O) groups excluding carboxylic acids is 1. The van der Waals surface area contributed by atoms with Gasteiger partial charge >= 0.3 is 5.97 Å². The third-order valence-corrected chi connectivity index (χ3v) is 6.60. The molecule has 182 valence electrons. The van der Waals surface area contributed by atoms with Crippen molar-refractivity contribution in [3.8, 4) is 17.2 Å². The molecule has 1 aromatic heterocycles. The van der Waals surface area contributed by atoms with Gasteiger partial charge in [-0.15, -0.1) is 0 Å². The van der Waals surface area contributed by atoms with Gasteiger partial charge in [-0.25, -0.2) is 14.2 Å². The zero-order valence-electron chi connectivity index (χ0n) is 19.7. The molecule has 1 aliphatic heterocycles. The largest absolute Gasteiger partial charge is 0.493 e. The van der Waals surface area contributed by atoms with Crippen LogP contribution in [-0.4, -0.2) is 39.0 Å². The van der Waals surface area contributed by atoms with Crippen molar-refractivity contribution in [1.29, 1.82) is 0 Å². The first-order valence-electron chi connectivity index (χ1n) is 10.5. The van der Waals surface area contributed by atoms with Gasteiger partial charge in [0.05, 0.1) is 50.3 Å². The highest BCUT2D eigenvalue weighted by Gasteiger charge is 2.34. The topological polar surface area (TPSA) is 88.4 Å². The van der Waals surface area contributed by atoms with Crippen LogP contribution in [0.3, 0.4) is 0 Å². The van der Waals surface area contributed by atoms with Crippen molar-refractivity contribution in [3.05, 3.63) is 84.3 Å². The van der Waals surface area contributed by atoms with Gasteiger partial charge in [0.25, 0.3) is 5.56 Å². The van der Waals surface area contributed by atoms with Crippen LogP contribution in [0, 0.1) is 5.82 Å². The highest BCUT2D eigenvalue weighted by Crippen LogP contribution is 2.42. The van der Waals surface area contributed by atoms with Crippen molar-refractivity contribution in [3.63, 3.8) is 0 Å². The fourth-order valence-electron chi connectivity index (χ4n) is 4.00. The first kappa shape index (κ1) is 24.2. The number of aromatic nitrogens is 1. The Labute approximate surface area is 204 Å². The summed E-state index contributed by atoms with van der Waals surface area (Å²) in [6, 6.07) is 8.60. The maximum atomic E-state index is 14.3. The molecule has 2 aromatic carbocycles. The lowest BCUT2D eigenvalue weighted by molar-refractivity contribution is -0.136. The Hall–Kier alpha value is -3.92. The Morgan fingerprint density at radius 2 is 1.74 bits per heavy atom. The molecule has 0 saturated carbocycles. The van der Waals surface area contributed by atoms with Gasteiger partial charge in [-0.1, -0.05) is 29.5 Å². The van der Waals surface area contributed by atoms with Crippen LogP contribution >= 0.6 is 11.3 Å². The maximum Gasteiger partial charge on any atom is 0.338 e. The van der Waals surface area contributed by atoms with Crippen LogP contribution in [-0.2, 0) is 9.53 Å². The van der Waals surface area contributed by atoms with Gasteiger partial charge in [0.2, 0.25) is 5.75 Å². The highest BCUT2D eigenvalue weighted by molar-refractivity contribution is 7.07. The Morgan fingerprint density at radius 3 is 2.31 bits per heavy atom. The van der Waals surface area contributed by atoms with E-state index in [0.717, 1.165) is 11.3 Å². The predicted molar refractivity (Wildman–Crippen MR) is 128 cm³/mol. The molecule has 0 radical (unpaired) electrons. The molecule has 10 heteroatoms. The second-order valence-electron chi connectivity index (χ2n) is 7.55. The lowest BCUT2D eigenvalue weighted by Crippen LogP contribution is -2.39. The monoisotopic (exact) mass is 498 g/mol. The van der Waals surface area contributed by atoms with Crippen molar-refractivity contribution in [2.75, 3.05) is 28.4 Å². The van der Waals surface area contributed by atoms with E-state index in [2.05, 4.69) is 4.99 Å². The van der Waals surface area contributed by atoms with Gasteiger partial charge in [0, 0.05) is 5.56 Å². The number of benzene rings is 2. The number of nitrogens with zero attached hydrogens (tertiary/aromatic N) is 2. The summed E-state index contributed by atoms with van der Waals surface area (Å²) in [6.45, 7) is 1.67. The number of methoxy groups -OCH3 is 4. The van der Waals surface area contributed by atoms with E-state index in [9.17, 15) is 14.0 Å². The van der Waals surface area contributed by atoms with Gasteiger partial charge in [-0.05, 0) is 36.8 Å². The zero-order valence-corrected chi connectivity index (χ0v) is 20.6. The molecule has 0 amide bonds. The first-order chi connectivity index (χ1) is 16.8. The van der Waals surface area contributed by atoms with E-state index >= 15 is 0 Å². The van der Waals surface area contributed by atoms with Crippen molar-refractivity contribution >= 4 is 23.4 Å². The standard InChI is InChI=1S/C25H23FN2O6S/c1-13-20(24(30)34-5)21(15-10-17(31-2)22(33-4)18(11-15)32-3)28-23(29)19(35-25(28)27-13)12-14-8-6-7-9-16(14)26/h6-12,21H,1-5H3. The number of hydrogen-bond donors (Lipinski definition) is 0. The second kappa shape index (κ2) is 9.75. The molecular weight excluding hydrogens is 475 g/mol. The minimum atomic E-state index is -0.893. The molecule has 1 atom stereocenters. The van der Waals surface area contributed by atoms with E-state index in [4.69, 9.17) is 18.9 Å². The lowest BCUT2D eigenvalue weighted by Gasteiger charge is -2.25. The predicted octanol–water partition coefficient (Wildman–Crippen LogP) is 2.57. The molecule has 3 aromatic rings. The fourth-order valence-corrected chi connectivity index (χ4v) is 5.04. The summed E-state index contributed by atoms with van der Waals surface area (Å²) in [5.74, 6) is -0.00577. The van der Waals surface area contributed by atoms with E-state index in [-0.39, 0.29) is 15.7 Å². The number of hydrogen-bond acceptors (Lipinski definition) is 8. The molecule has 1 aliphatic rings. The van der Waals surface area contributed by atoms with Gasteiger partial charge in [0.1, 0.15) is 5.82 Å². The Balaban J connectivity index is 2.04. The molecule has 8 nitrogen and oxygen atoms in total. The van der Waals surface area contributed by atoms with Crippen LogP contribution < -0.4 is 29.1 Å². The number of rotatable bonds is 6. The Kier molecular flexibility index (Phi) is 6.74. The molecule has 0 bridgehead atoms. The van der Waals surface area contributed by atoms with E-state index in [0.29, 0.717) is 33.3 Å². The SMILES string of the molecule is COC(=O)C1=C(C)N=c2sc(=Cc3ccccc3F)c(=O)n2C1c1cc(OC)c(OC)c(OC)c1. The van der Waals surface area contributed by atoms with Crippen LogP contribution in [0.2, 0.25) is 0 Å². The molecule has 0 spiro atoms. The molecule has 2 heterocycles.